The fourth-order valence-electron chi connectivity index (χ4n) is 0.994. The van der Waals surface area contributed by atoms with Gasteiger partial charge in [-0.05, 0) is 11.3 Å². The van der Waals surface area contributed by atoms with Gasteiger partial charge < -0.3 is 5.32 Å². The quantitative estimate of drug-likeness (QED) is 0.691. The Morgan fingerprint density at radius 1 is 1.36 bits per heavy atom. The number of hydrogen-bond donors (Lipinski definition) is 1. The van der Waals surface area contributed by atoms with Gasteiger partial charge in [-0.3, -0.25) is 9.79 Å². The van der Waals surface area contributed by atoms with Gasteiger partial charge in [0.2, 0.25) is 5.91 Å². The Hall–Kier alpha value is -0.860. The molecule has 0 aromatic heterocycles. The monoisotopic (exact) mass is 198 g/mol. The van der Waals surface area contributed by atoms with Gasteiger partial charge in [0.1, 0.15) is 6.04 Å². The molecule has 0 saturated carbocycles. The van der Waals surface area contributed by atoms with Crippen molar-refractivity contribution in [1.29, 1.82) is 0 Å². The average molecular weight is 198 g/mol. The summed E-state index contributed by atoms with van der Waals surface area (Å²) in [5.41, 5.74) is 0.0289. The van der Waals surface area contributed by atoms with Gasteiger partial charge in [-0.2, -0.15) is 0 Å². The van der Waals surface area contributed by atoms with E-state index in [1.54, 1.807) is 7.05 Å². The van der Waals surface area contributed by atoms with E-state index >= 15 is 0 Å². The number of rotatable bonds is 3. The standard InChI is InChI=1S/C11H22N2O/c1-8(2)9(10(14)12-6)13-7-11(3,4)5/h7-9H,1-6H3,(H,12,14)/t9-/m0/s1. The predicted octanol–water partition coefficient (Wildman–Crippen LogP) is 1.87. The van der Waals surface area contributed by atoms with Crippen LogP contribution < -0.4 is 5.32 Å². The molecule has 0 fully saturated rings. The number of carbonyl (C=O) groups excluding carboxylic acids is 1. The maximum atomic E-state index is 11.4. The molecule has 0 aliphatic heterocycles. The second-order valence-corrected chi connectivity index (χ2v) is 4.95. The minimum Gasteiger partial charge on any atom is -0.357 e. The highest BCUT2D eigenvalue weighted by Gasteiger charge is 2.20. The van der Waals surface area contributed by atoms with Crippen molar-refractivity contribution >= 4 is 12.1 Å². The highest BCUT2D eigenvalue weighted by molar-refractivity contribution is 5.83. The van der Waals surface area contributed by atoms with E-state index in [-0.39, 0.29) is 23.3 Å². The van der Waals surface area contributed by atoms with Crippen LogP contribution in [0.5, 0.6) is 0 Å². The van der Waals surface area contributed by atoms with E-state index in [2.05, 4.69) is 31.1 Å². The summed E-state index contributed by atoms with van der Waals surface area (Å²) in [4.78, 5) is 15.8. The Kier molecular flexibility index (Phi) is 4.81. The molecule has 1 amide bonds. The maximum absolute atomic E-state index is 11.4. The zero-order chi connectivity index (χ0) is 11.4. The number of nitrogens with zero attached hydrogens (tertiary/aromatic N) is 1. The maximum Gasteiger partial charge on any atom is 0.244 e. The second-order valence-electron chi connectivity index (χ2n) is 4.95. The lowest BCUT2D eigenvalue weighted by Gasteiger charge is -2.17. The lowest BCUT2D eigenvalue weighted by Crippen LogP contribution is -2.34. The molecule has 14 heavy (non-hydrogen) atoms. The van der Waals surface area contributed by atoms with E-state index in [0.717, 1.165) is 0 Å². The molecule has 0 bridgehead atoms. The minimum atomic E-state index is -0.265. The van der Waals surface area contributed by atoms with Gasteiger partial charge in [-0.1, -0.05) is 34.6 Å². The van der Waals surface area contributed by atoms with Crippen LogP contribution in [0.2, 0.25) is 0 Å². The lowest BCUT2D eigenvalue weighted by atomic mass is 9.98. The number of amides is 1. The molecule has 0 heterocycles. The van der Waals surface area contributed by atoms with Crippen LogP contribution in [0.3, 0.4) is 0 Å². The van der Waals surface area contributed by atoms with E-state index in [4.69, 9.17) is 0 Å². The summed E-state index contributed by atoms with van der Waals surface area (Å²) in [5.74, 6) is 0.217. The van der Waals surface area contributed by atoms with E-state index < -0.39 is 0 Å². The third-order valence-electron chi connectivity index (χ3n) is 1.77. The number of nitrogens with one attached hydrogen (secondary N) is 1. The van der Waals surface area contributed by atoms with Crippen molar-refractivity contribution in [1.82, 2.24) is 5.32 Å². The summed E-state index contributed by atoms with van der Waals surface area (Å²) in [6, 6.07) is -0.265. The van der Waals surface area contributed by atoms with Gasteiger partial charge in [0, 0.05) is 13.3 Å². The molecule has 3 nitrogen and oxygen atoms in total. The van der Waals surface area contributed by atoms with Crippen molar-refractivity contribution < 1.29 is 4.79 Å². The fraction of sp³-hybridized carbons (Fsp3) is 0.818. The van der Waals surface area contributed by atoms with Crippen LogP contribution >= 0.6 is 0 Å². The first kappa shape index (κ1) is 13.1. The third kappa shape index (κ3) is 5.00. The Balaban J connectivity index is 4.54. The Bertz CT molecular complexity index is 214. The molecule has 3 heteroatoms. The zero-order valence-corrected chi connectivity index (χ0v) is 10.1. The van der Waals surface area contributed by atoms with Gasteiger partial charge in [-0.15, -0.1) is 0 Å². The van der Waals surface area contributed by atoms with Crippen molar-refractivity contribution in [2.75, 3.05) is 7.05 Å². The number of hydrogen-bond acceptors (Lipinski definition) is 2. The van der Waals surface area contributed by atoms with Gasteiger partial charge in [0.25, 0.3) is 0 Å². The molecule has 1 atom stereocenters. The molecule has 0 rings (SSSR count). The van der Waals surface area contributed by atoms with Crippen molar-refractivity contribution in [2.45, 2.75) is 40.7 Å². The van der Waals surface area contributed by atoms with Crippen LogP contribution in [0.1, 0.15) is 34.6 Å². The Morgan fingerprint density at radius 3 is 2.14 bits per heavy atom. The number of aliphatic imine (C=N–C) groups is 1. The zero-order valence-electron chi connectivity index (χ0n) is 10.1. The van der Waals surface area contributed by atoms with Crippen molar-refractivity contribution in [3.63, 3.8) is 0 Å². The predicted molar refractivity (Wildman–Crippen MR) is 60.6 cm³/mol. The van der Waals surface area contributed by atoms with Gasteiger partial charge in [0.15, 0.2) is 0 Å². The van der Waals surface area contributed by atoms with Crippen LogP contribution in [0, 0.1) is 11.3 Å². The van der Waals surface area contributed by atoms with E-state index in [1.807, 2.05) is 20.1 Å². The topological polar surface area (TPSA) is 41.5 Å². The van der Waals surface area contributed by atoms with Crippen LogP contribution in [-0.2, 0) is 4.79 Å². The van der Waals surface area contributed by atoms with E-state index in [9.17, 15) is 4.79 Å². The lowest BCUT2D eigenvalue weighted by molar-refractivity contribution is -0.122. The SMILES string of the molecule is CNC(=O)[C@@H](N=CC(C)(C)C)C(C)C. The minimum absolute atomic E-state index is 0.0134. The number of likely N-dealkylation sites (N-methyl/N-ethyl adjacent to an activating group) is 1. The summed E-state index contributed by atoms with van der Waals surface area (Å²) < 4.78 is 0. The van der Waals surface area contributed by atoms with E-state index in [0.29, 0.717) is 0 Å². The molecule has 0 radical (unpaired) electrons. The largest absolute Gasteiger partial charge is 0.357 e. The molecule has 0 aliphatic rings. The molecule has 1 N–H and O–H groups in total. The molecule has 0 saturated heterocycles. The van der Waals surface area contributed by atoms with Crippen molar-refractivity contribution in [3.8, 4) is 0 Å². The summed E-state index contributed by atoms with van der Waals surface area (Å²) in [5, 5.41) is 2.63. The summed E-state index contributed by atoms with van der Waals surface area (Å²) in [7, 11) is 1.64. The molecular weight excluding hydrogens is 176 g/mol. The first-order chi connectivity index (χ1) is 6.28. The molecule has 0 aromatic carbocycles. The number of carbonyl (C=O) groups is 1. The molecule has 0 unspecified atom stereocenters. The average Bonchev–Trinajstić information content (AvgIpc) is 2.01. The van der Waals surface area contributed by atoms with Gasteiger partial charge in [0.05, 0.1) is 0 Å². The molecular formula is C11H22N2O. The Labute approximate surface area is 87.0 Å². The highest BCUT2D eigenvalue weighted by atomic mass is 16.2. The first-order valence-corrected chi connectivity index (χ1v) is 5.04. The van der Waals surface area contributed by atoms with Gasteiger partial charge in [-0.25, -0.2) is 0 Å². The fourth-order valence-corrected chi connectivity index (χ4v) is 0.994. The van der Waals surface area contributed by atoms with Crippen molar-refractivity contribution in [3.05, 3.63) is 0 Å². The molecule has 82 valence electrons. The summed E-state index contributed by atoms with van der Waals surface area (Å²) in [6.45, 7) is 10.2. The van der Waals surface area contributed by atoms with Crippen LogP contribution in [0.4, 0.5) is 0 Å². The molecule has 0 spiro atoms. The normalized spacial score (nSPS) is 14.8. The van der Waals surface area contributed by atoms with E-state index in [1.165, 1.54) is 0 Å². The third-order valence-corrected chi connectivity index (χ3v) is 1.77. The summed E-state index contributed by atoms with van der Waals surface area (Å²) in [6.07, 6.45) is 1.85. The Morgan fingerprint density at radius 2 is 1.86 bits per heavy atom. The second kappa shape index (κ2) is 5.13. The molecule has 0 aliphatic carbocycles. The van der Waals surface area contributed by atoms with Crippen LogP contribution in [0.25, 0.3) is 0 Å². The van der Waals surface area contributed by atoms with Crippen LogP contribution in [-0.4, -0.2) is 25.2 Å². The highest BCUT2D eigenvalue weighted by Crippen LogP contribution is 2.12. The van der Waals surface area contributed by atoms with Gasteiger partial charge >= 0.3 is 0 Å². The van der Waals surface area contributed by atoms with Crippen molar-refractivity contribution in [2.24, 2.45) is 16.3 Å². The first-order valence-electron chi connectivity index (χ1n) is 5.04. The smallest absolute Gasteiger partial charge is 0.244 e. The summed E-state index contributed by atoms with van der Waals surface area (Å²) >= 11 is 0. The van der Waals surface area contributed by atoms with Crippen LogP contribution in [0.15, 0.2) is 4.99 Å². The molecule has 0 aromatic rings.